The predicted octanol–water partition coefficient (Wildman–Crippen LogP) is 3.76. The van der Waals surface area contributed by atoms with Crippen molar-refractivity contribution in [2.45, 2.75) is 20.8 Å². The Morgan fingerprint density at radius 1 is 1.11 bits per heavy atom. The molecule has 0 amide bonds. The normalized spacial score (nSPS) is 11.3. The molecule has 3 heteroatoms. The van der Waals surface area contributed by atoms with E-state index in [1.165, 1.54) is 5.69 Å². The SMILES string of the molecule is Cc1cc2cc(-c3nc(C)n(C)c3C)ccc2o1. The number of furan rings is 1. The van der Waals surface area contributed by atoms with Crippen LogP contribution < -0.4 is 0 Å². The first-order valence-corrected chi connectivity index (χ1v) is 6.07. The fourth-order valence-electron chi connectivity index (χ4n) is 2.32. The number of nitrogens with zero attached hydrogens (tertiary/aromatic N) is 2. The highest BCUT2D eigenvalue weighted by Crippen LogP contribution is 2.28. The van der Waals surface area contributed by atoms with Crippen LogP contribution in [0.1, 0.15) is 17.3 Å². The molecule has 1 aromatic carbocycles. The van der Waals surface area contributed by atoms with E-state index >= 15 is 0 Å². The van der Waals surface area contributed by atoms with E-state index < -0.39 is 0 Å². The van der Waals surface area contributed by atoms with Crippen LogP contribution >= 0.6 is 0 Å². The Hall–Kier alpha value is -2.03. The van der Waals surface area contributed by atoms with Gasteiger partial charge in [0.1, 0.15) is 17.2 Å². The summed E-state index contributed by atoms with van der Waals surface area (Å²) in [5, 5.41) is 1.13. The van der Waals surface area contributed by atoms with Crippen molar-refractivity contribution in [2.24, 2.45) is 7.05 Å². The maximum Gasteiger partial charge on any atom is 0.134 e. The van der Waals surface area contributed by atoms with Crippen molar-refractivity contribution >= 4 is 11.0 Å². The van der Waals surface area contributed by atoms with Gasteiger partial charge in [-0.15, -0.1) is 0 Å². The summed E-state index contributed by atoms with van der Waals surface area (Å²) in [4.78, 5) is 4.63. The van der Waals surface area contributed by atoms with Crippen LogP contribution in [0.5, 0.6) is 0 Å². The minimum Gasteiger partial charge on any atom is -0.461 e. The summed E-state index contributed by atoms with van der Waals surface area (Å²) in [5.74, 6) is 1.97. The van der Waals surface area contributed by atoms with Gasteiger partial charge < -0.3 is 8.98 Å². The predicted molar refractivity (Wildman–Crippen MR) is 72.6 cm³/mol. The molecule has 2 heterocycles. The summed E-state index contributed by atoms with van der Waals surface area (Å²) in [6, 6.07) is 8.28. The highest BCUT2D eigenvalue weighted by molar-refractivity contribution is 5.83. The van der Waals surface area contributed by atoms with Crippen LogP contribution in [0.3, 0.4) is 0 Å². The molecule has 92 valence electrons. The molecule has 0 spiro atoms. The van der Waals surface area contributed by atoms with E-state index in [9.17, 15) is 0 Å². The average molecular weight is 240 g/mol. The number of imidazole rings is 1. The maximum absolute atomic E-state index is 5.59. The number of rotatable bonds is 1. The molecule has 3 nitrogen and oxygen atoms in total. The van der Waals surface area contributed by atoms with Gasteiger partial charge in [-0.05, 0) is 45.0 Å². The van der Waals surface area contributed by atoms with E-state index in [1.807, 2.05) is 27.0 Å². The quantitative estimate of drug-likeness (QED) is 0.648. The summed E-state index contributed by atoms with van der Waals surface area (Å²) in [6.45, 7) is 6.09. The minimum atomic E-state index is 0.932. The van der Waals surface area contributed by atoms with Gasteiger partial charge in [0.25, 0.3) is 0 Å². The number of benzene rings is 1. The van der Waals surface area contributed by atoms with Gasteiger partial charge in [-0.1, -0.05) is 0 Å². The van der Waals surface area contributed by atoms with Crippen LogP contribution in [0.2, 0.25) is 0 Å². The van der Waals surface area contributed by atoms with Crippen LogP contribution in [0.4, 0.5) is 0 Å². The smallest absolute Gasteiger partial charge is 0.134 e. The highest BCUT2D eigenvalue weighted by Gasteiger charge is 2.11. The molecule has 0 N–H and O–H groups in total. The summed E-state index contributed by atoms with van der Waals surface area (Å²) in [5.41, 5.74) is 4.31. The third-order valence-electron chi connectivity index (χ3n) is 3.52. The molecule has 0 bridgehead atoms. The van der Waals surface area contributed by atoms with E-state index in [4.69, 9.17) is 4.42 Å². The summed E-state index contributed by atoms with van der Waals surface area (Å²) in [7, 11) is 2.04. The number of hydrogen-bond donors (Lipinski definition) is 0. The van der Waals surface area contributed by atoms with E-state index in [2.05, 4.69) is 34.7 Å². The largest absolute Gasteiger partial charge is 0.461 e. The molecule has 3 rings (SSSR count). The van der Waals surface area contributed by atoms with Crippen LogP contribution in [0.15, 0.2) is 28.7 Å². The first-order chi connectivity index (χ1) is 8.56. The van der Waals surface area contributed by atoms with Crippen LogP contribution in [-0.2, 0) is 7.05 Å². The summed E-state index contributed by atoms with van der Waals surface area (Å²) < 4.78 is 7.70. The van der Waals surface area contributed by atoms with Crippen molar-refractivity contribution in [3.63, 3.8) is 0 Å². The molecule has 0 atom stereocenters. The Balaban J connectivity index is 2.21. The van der Waals surface area contributed by atoms with Gasteiger partial charge in [0.05, 0.1) is 5.69 Å². The van der Waals surface area contributed by atoms with Crippen LogP contribution in [-0.4, -0.2) is 9.55 Å². The second-order valence-corrected chi connectivity index (χ2v) is 4.76. The molecule has 0 aliphatic rings. The van der Waals surface area contributed by atoms with Crippen molar-refractivity contribution in [1.82, 2.24) is 9.55 Å². The molecule has 0 saturated carbocycles. The Labute approximate surface area is 106 Å². The Morgan fingerprint density at radius 3 is 2.56 bits per heavy atom. The highest BCUT2D eigenvalue weighted by atomic mass is 16.3. The lowest BCUT2D eigenvalue weighted by atomic mass is 10.1. The molecule has 0 aliphatic carbocycles. The summed E-state index contributed by atoms with van der Waals surface area (Å²) >= 11 is 0. The van der Waals surface area contributed by atoms with Gasteiger partial charge in [-0.3, -0.25) is 0 Å². The summed E-state index contributed by atoms with van der Waals surface area (Å²) in [6.07, 6.45) is 0. The Morgan fingerprint density at radius 2 is 1.89 bits per heavy atom. The van der Waals surface area contributed by atoms with Gasteiger partial charge in [0.2, 0.25) is 0 Å². The molecule has 0 fully saturated rings. The number of hydrogen-bond acceptors (Lipinski definition) is 2. The van der Waals surface area contributed by atoms with E-state index in [-0.39, 0.29) is 0 Å². The minimum absolute atomic E-state index is 0.932. The molecule has 0 aliphatic heterocycles. The van der Waals surface area contributed by atoms with Crippen molar-refractivity contribution < 1.29 is 4.42 Å². The monoisotopic (exact) mass is 240 g/mol. The van der Waals surface area contributed by atoms with Crippen molar-refractivity contribution in [3.05, 3.63) is 41.5 Å². The average Bonchev–Trinajstić information content (AvgIpc) is 2.82. The maximum atomic E-state index is 5.59. The first-order valence-electron chi connectivity index (χ1n) is 6.07. The molecule has 2 aromatic heterocycles. The molecule has 0 saturated heterocycles. The van der Waals surface area contributed by atoms with E-state index in [0.29, 0.717) is 0 Å². The zero-order valence-corrected chi connectivity index (χ0v) is 11.1. The number of aryl methyl sites for hydroxylation is 2. The lowest BCUT2D eigenvalue weighted by molar-refractivity contribution is 0.578. The Kier molecular flexibility index (Phi) is 2.30. The fraction of sp³-hybridized carbons (Fsp3) is 0.267. The second-order valence-electron chi connectivity index (χ2n) is 4.76. The molecule has 0 unspecified atom stereocenters. The molecule has 18 heavy (non-hydrogen) atoms. The molecular formula is C15H16N2O. The second kappa shape index (κ2) is 3.73. The number of aromatic nitrogens is 2. The van der Waals surface area contributed by atoms with E-state index in [0.717, 1.165) is 33.8 Å². The van der Waals surface area contributed by atoms with Crippen molar-refractivity contribution in [2.75, 3.05) is 0 Å². The third kappa shape index (κ3) is 1.55. The Bertz CT molecular complexity index is 734. The lowest BCUT2D eigenvalue weighted by Crippen LogP contribution is -1.93. The zero-order valence-electron chi connectivity index (χ0n) is 11.1. The van der Waals surface area contributed by atoms with Gasteiger partial charge in [0.15, 0.2) is 0 Å². The third-order valence-corrected chi connectivity index (χ3v) is 3.52. The molecule has 0 radical (unpaired) electrons. The standard InChI is InChI=1S/C15H16N2O/c1-9-7-13-8-12(5-6-14(13)18-9)15-10(2)17(4)11(3)16-15/h5-8H,1-4H3. The van der Waals surface area contributed by atoms with Gasteiger partial charge in [-0.2, -0.15) is 0 Å². The molecular weight excluding hydrogens is 224 g/mol. The lowest BCUT2D eigenvalue weighted by Gasteiger charge is -2.00. The fourth-order valence-corrected chi connectivity index (χ4v) is 2.32. The van der Waals surface area contributed by atoms with Crippen molar-refractivity contribution in [3.8, 4) is 11.3 Å². The molecule has 3 aromatic rings. The van der Waals surface area contributed by atoms with Crippen LogP contribution in [0.25, 0.3) is 22.2 Å². The van der Waals surface area contributed by atoms with Crippen LogP contribution in [0, 0.1) is 20.8 Å². The first kappa shape index (κ1) is 11.1. The number of fused-ring (bicyclic) bond motifs is 1. The van der Waals surface area contributed by atoms with Gasteiger partial charge in [-0.25, -0.2) is 4.98 Å². The topological polar surface area (TPSA) is 31.0 Å². The van der Waals surface area contributed by atoms with Gasteiger partial charge >= 0.3 is 0 Å². The zero-order chi connectivity index (χ0) is 12.9. The van der Waals surface area contributed by atoms with Crippen molar-refractivity contribution in [1.29, 1.82) is 0 Å². The van der Waals surface area contributed by atoms with E-state index in [1.54, 1.807) is 0 Å². The van der Waals surface area contributed by atoms with Gasteiger partial charge in [0, 0.05) is 23.7 Å².